The molecule has 0 bridgehead atoms. The lowest BCUT2D eigenvalue weighted by Crippen LogP contribution is -2.83. The average molecular weight is 373 g/mol. The van der Waals surface area contributed by atoms with Crippen molar-refractivity contribution in [1.82, 2.24) is 0 Å². The third kappa shape index (κ3) is 2.06. The van der Waals surface area contributed by atoms with E-state index in [9.17, 15) is 0 Å². The summed E-state index contributed by atoms with van der Waals surface area (Å²) in [7, 11) is -15.2. The third-order valence-electron chi connectivity index (χ3n) is 6.67. The van der Waals surface area contributed by atoms with E-state index in [4.69, 9.17) is 4.12 Å². The van der Waals surface area contributed by atoms with Gasteiger partial charge in [0.1, 0.15) is 14.2 Å². The monoisotopic (exact) mass is 372 g/mol. The zero-order valence-corrected chi connectivity index (χ0v) is 20.2. The molecule has 1 aliphatic heterocycles. The van der Waals surface area contributed by atoms with Crippen LogP contribution in [0.3, 0.4) is 0 Å². The Morgan fingerprint density at radius 1 is 0.526 bits per heavy atom. The van der Waals surface area contributed by atoms with Gasteiger partial charge >= 0.3 is 0 Å². The van der Waals surface area contributed by atoms with E-state index < -0.39 is 44.8 Å². The molecule has 0 aromatic carbocycles. The van der Waals surface area contributed by atoms with Gasteiger partial charge in [0.2, 0.25) is 14.9 Å². The third-order valence-corrected chi connectivity index (χ3v) is 109. The molecule has 0 aliphatic carbocycles. The van der Waals surface area contributed by atoms with Gasteiger partial charge < -0.3 is 12.3 Å². The largest absolute Gasteiger partial charge is 0.458 e. The molecule has 2 unspecified atom stereocenters. The summed E-state index contributed by atoms with van der Waals surface area (Å²) < 4.78 is 38.4. The van der Waals surface area contributed by atoms with Crippen molar-refractivity contribution in [2.24, 2.45) is 0 Å². The van der Waals surface area contributed by atoms with E-state index in [2.05, 4.69) is 26.2 Å². The fourth-order valence-corrected chi connectivity index (χ4v) is 141. The van der Waals surface area contributed by atoms with Crippen molar-refractivity contribution < 1.29 is 12.3 Å². The molecule has 2 atom stereocenters. The van der Waals surface area contributed by atoms with E-state index in [0.717, 1.165) is 0 Å². The van der Waals surface area contributed by atoms with Crippen LogP contribution in [0.15, 0.2) is 0 Å². The Morgan fingerprint density at radius 2 is 0.895 bits per heavy atom. The first-order valence-electron chi connectivity index (χ1n) is 7.04. The van der Waals surface area contributed by atoms with Crippen LogP contribution in [-0.2, 0) is 4.12 Å². The SMILES string of the molecule is C[Si]1(C)O[Si](C)(C)[Si](C)(F)[Si](C)(C)[Si](C)(F)[Si]1(C)C. The summed E-state index contributed by atoms with van der Waals surface area (Å²) in [5, 5.41) is 0. The molecule has 1 heterocycles. The summed E-state index contributed by atoms with van der Waals surface area (Å²) >= 11 is 0. The highest BCUT2D eigenvalue weighted by Crippen LogP contribution is 2.48. The molecule has 0 N–H and O–H groups in total. The van der Waals surface area contributed by atoms with Crippen LogP contribution in [0.2, 0.25) is 65.5 Å². The van der Waals surface area contributed by atoms with Crippen LogP contribution < -0.4 is 0 Å². The predicted octanol–water partition coefficient (Wildman–Crippen LogP) is 4.33. The van der Waals surface area contributed by atoms with Gasteiger partial charge in [0.25, 0.3) is 0 Å². The number of hydrogen-bond acceptors (Lipinski definition) is 1. The zero-order valence-electron chi connectivity index (χ0n) is 14.2. The maximum atomic E-state index is 16.1. The molecular weight excluding hydrogens is 343 g/mol. The molecule has 9 heteroatoms. The van der Waals surface area contributed by atoms with Crippen LogP contribution in [0.25, 0.3) is 0 Å². The lowest BCUT2D eigenvalue weighted by atomic mass is 11.9. The fraction of sp³-hybridized carbons (Fsp3) is 1.00. The smallest absolute Gasteiger partial charge is 0.247 e. The normalized spacial score (nSPS) is 43.6. The van der Waals surface area contributed by atoms with Gasteiger partial charge in [-0.25, -0.2) is 0 Å². The van der Waals surface area contributed by atoms with Gasteiger partial charge in [-0.2, -0.15) is 0 Å². The summed E-state index contributed by atoms with van der Waals surface area (Å²) in [5.41, 5.74) is 0. The molecular formula is C10H30F2OSi6. The van der Waals surface area contributed by atoms with Crippen molar-refractivity contribution in [2.45, 2.75) is 65.5 Å². The minimum atomic E-state index is -3.10. The van der Waals surface area contributed by atoms with Gasteiger partial charge in [0.15, 0.2) is 15.7 Å². The topological polar surface area (TPSA) is 9.23 Å². The summed E-state index contributed by atoms with van der Waals surface area (Å²) in [6, 6.07) is 0. The van der Waals surface area contributed by atoms with Gasteiger partial charge in [-0.3, -0.25) is 0 Å². The Labute approximate surface area is 122 Å². The minimum absolute atomic E-state index is 1.80. The lowest BCUT2D eigenvalue weighted by Gasteiger charge is -2.48. The molecule has 1 saturated heterocycles. The number of halogens is 2. The first kappa shape index (κ1) is 18.2. The van der Waals surface area contributed by atoms with Crippen molar-refractivity contribution in [3.8, 4) is 0 Å². The van der Waals surface area contributed by atoms with Crippen LogP contribution in [0.5, 0.6) is 0 Å². The molecule has 19 heavy (non-hydrogen) atoms. The fourth-order valence-electron chi connectivity index (χ4n) is 3.40. The molecule has 1 fully saturated rings. The van der Waals surface area contributed by atoms with Crippen LogP contribution in [0.4, 0.5) is 8.22 Å². The molecule has 114 valence electrons. The first-order valence-corrected chi connectivity index (χ1v) is 28.6. The second kappa shape index (κ2) is 4.32. The van der Waals surface area contributed by atoms with Gasteiger partial charge in [0.05, 0.1) is 0 Å². The maximum Gasteiger partial charge on any atom is 0.247 e. The molecule has 1 rings (SSSR count). The second-order valence-electron chi connectivity index (χ2n) is 8.38. The van der Waals surface area contributed by atoms with Crippen molar-refractivity contribution in [3.05, 3.63) is 0 Å². The van der Waals surface area contributed by atoms with E-state index in [1.807, 2.05) is 32.7 Å². The van der Waals surface area contributed by atoms with Crippen molar-refractivity contribution in [3.63, 3.8) is 0 Å². The standard InChI is InChI=1S/C10H30F2OSi6/c1-14(2)13-15(3,4)18(9,11)17(7,8)19(10,12)16(14,5)6/h1-10H3. The Hall–Kier alpha value is 1.12. The van der Waals surface area contributed by atoms with Gasteiger partial charge in [-0.15, -0.1) is 0 Å². The number of hydrogen-bond donors (Lipinski definition) is 0. The molecule has 0 aromatic rings. The highest BCUT2D eigenvalue weighted by Gasteiger charge is 2.78. The van der Waals surface area contributed by atoms with Gasteiger partial charge in [0, 0.05) is 0 Å². The molecule has 0 aromatic heterocycles. The lowest BCUT2D eigenvalue weighted by molar-refractivity contribution is 0.575. The summed E-state index contributed by atoms with van der Waals surface area (Å²) in [6.07, 6.45) is 0. The van der Waals surface area contributed by atoms with Gasteiger partial charge in [-0.1, -0.05) is 26.2 Å². The van der Waals surface area contributed by atoms with Gasteiger partial charge in [-0.05, 0) is 39.3 Å². The number of rotatable bonds is 0. The molecule has 1 aliphatic rings. The van der Waals surface area contributed by atoms with E-state index in [0.29, 0.717) is 0 Å². The van der Waals surface area contributed by atoms with Crippen LogP contribution in [0, 0.1) is 0 Å². The molecule has 0 spiro atoms. The second-order valence-corrected chi connectivity index (χ2v) is 65.2. The Balaban J connectivity index is 3.70. The first-order chi connectivity index (χ1) is 7.96. The molecule has 1 nitrogen and oxygen atoms in total. The average Bonchev–Trinajstić information content (AvgIpc) is 2.14. The van der Waals surface area contributed by atoms with Crippen molar-refractivity contribution in [1.29, 1.82) is 0 Å². The summed E-state index contributed by atoms with van der Waals surface area (Å²) in [6.45, 7) is 20.4. The summed E-state index contributed by atoms with van der Waals surface area (Å²) in [5.74, 6) is 0. The highest BCUT2D eigenvalue weighted by atomic mass is 30.0. The van der Waals surface area contributed by atoms with Crippen molar-refractivity contribution >= 4 is 44.8 Å². The van der Waals surface area contributed by atoms with E-state index >= 15 is 8.22 Å². The Kier molecular flexibility index (Phi) is 4.13. The van der Waals surface area contributed by atoms with Crippen LogP contribution >= 0.6 is 0 Å². The van der Waals surface area contributed by atoms with Crippen molar-refractivity contribution in [2.75, 3.05) is 0 Å². The Morgan fingerprint density at radius 3 is 1.26 bits per heavy atom. The van der Waals surface area contributed by atoms with E-state index in [-0.39, 0.29) is 0 Å². The minimum Gasteiger partial charge on any atom is -0.458 e. The zero-order chi connectivity index (χ0) is 15.7. The highest BCUT2D eigenvalue weighted by molar-refractivity contribution is 7.96. The van der Waals surface area contributed by atoms with Crippen LogP contribution in [-0.4, -0.2) is 44.8 Å². The summed E-state index contributed by atoms with van der Waals surface area (Å²) in [4.78, 5) is 0. The molecule has 0 amide bonds. The quantitative estimate of drug-likeness (QED) is 0.454. The van der Waals surface area contributed by atoms with E-state index in [1.165, 1.54) is 0 Å². The van der Waals surface area contributed by atoms with Crippen LogP contribution in [0.1, 0.15) is 0 Å². The molecule has 0 saturated carbocycles. The predicted molar refractivity (Wildman–Crippen MR) is 96.5 cm³/mol. The maximum absolute atomic E-state index is 16.1. The Bertz CT molecular complexity index is 355. The molecule has 0 radical (unpaired) electrons. The van der Waals surface area contributed by atoms with E-state index in [1.54, 1.807) is 6.55 Å².